The summed E-state index contributed by atoms with van der Waals surface area (Å²) in [6.07, 6.45) is 1.53. The molecule has 0 aliphatic carbocycles. The number of carbonyl (C=O) groups excluding carboxylic acids is 1. The molecule has 3 heteroatoms. The zero-order chi connectivity index (χ0) is 12.7. The number of rotatable bonds is 1. The van der Waals surface area contributed by atoms with Crippen LogP contribution in [0.5, 0.6) is 0 Å². The minimum absolute atomic E-state index is 0.252. The lowest BCUT2D eigenvalue weighted by Crippen LogP contribution is -2.35. The van der Waals surface area contributed by atoms with E-state index in [4.69, 9.17) is 0 Å². The molecule has 3 rings (SSSR count). The first-order valence-electron chi connectivity index (χ1n) is 6.57. The molecule has 0 radical (unpaired) electrons. The van der Waals surface area contributed by atoms with Crippen LogP contribution in [0.15, 0.2) is 18.2 Å². The Morgan fingerprint density at radius 3 is 3.06 bits per heavy atom. The van der Waals surface area contributed by atoms with E-state index in [1.807, 2.05) is 11.8 Å². The second-order valence-electron chi connectivity index (χ2n) is 5.05. The first-order valence-corrected chi connectivity index (χ1v) is 6.57. The van der Waals surface area contributed by atoms with E-state index in [0.717, 1.165) is 19.5 Å². The van der Waals surface area contributed by atoms with Crippen molar-refractivity contribution in [3.63, 3.8) is 0 Å². The van der Waals surface area contributed by atoms with Gasteiger partial charge in [-0.25, -0.2) is 0 Å². The lowest BCUT2D eigenvalue weighted by atomic mass is 10.0. The molecule has 1 aromatic carbocycles. The van der Waals surface area contributed by atoms with Crippen molar-refractivity contribution in [3.05, 3.63) is 35.0 Å². The molecule has 0 saturated heterocycles. The molecule has 0 bridgehead atoms. The molecule has 3 nitrogen and oxygen atoms in total. The fourth-order valence-electron chi connectivity index (χ4n) is 2.76. The van der Waals surface area contributed by atoms with E-state index in [9.17, 15) is 4.79 Å². The molecule has 1 N–H and O–H groups in total. The molecule has 0 spiro atoms. The number of carbonyl (C=O) groups is 1. The van der Waals surface area contributed by atoms with Crippen molar-refractivity contribution in [3.8, 4) is 0 Å². The zero-order valence-corrected chi connectivity index (χ0v) is 10.9. The van der Waals surface area contributed by atoms with Crippen LogP contribution in [0.25, 0.3) is 10.9 Å². The predicted molar refractivity (Wildman–Crippen MR) is 72.4 cm³/mol. The fraction of sp³-hybridized carbons (Fsp3) is 0.400. The summed E-state index contributed by atoms with van der Waals surface area (Å²) in [4.78, 5) is 17.3. The smallest absolute Gasteiger partial charge is 0.222 e. The number of nitrogens with one attached hydrogen (secondary N) is 1. The Balaban J connectivity index is 2.05. The number of nitrogens with zero attached hydrogens (tertiary/aromatic N) is 1. The van der Waals surface area contributed by atoms with Crippen molar-refractivity contribution >= 4 is 16.8 Å². The maximum Gasteiger partial charge on any atom is 0.222 e. The summed E-state index contributed by atoms with van der Waals surface area (Å²) in [5, 5.41) is 1.28. The van der Waals surface area contributed by atoms with Gasteiger partial charge in [0.15, 0.2) is 0 Å². The number of H-pyrrole nitrogens is 1. The molecule has 1 aliphatic rings. The van der Waals surface area contributed by atoms with Gasteiger partial charge in [-0.1, -0.05) is 18.6 Å². The van der Waals surface area contributed by atoms with E-state index in [2.05, 4.69) is 30.1 Å². The summed E-state index contributed by atoms with van der Waals surface area (Å²) < 4.78 is 0. The highest BCUT2D eigenvalue weighted by Gasteiger charge is 2.22. The molecule has 2 heterocycles. The van der Waals surface area contributed by atoms with Crippen LogP contribution in [0.3, 0.4) is 0 Å². The van der Waals surface area contributed by atoms with Crippen LogP contribution in [0, 0.1) is 6.92 Å². The van der Waals surface area contributed by atoms with Crippen LogP contribution in [-0.4, -0.2) is 22.3 Å². The number of fused-ring (bicyclic) bond motifs is 3. The van der Waals surface area contributed by atoms with Crippen molar-refractivity contribution in [2.75, 3.05) is 6.54 Å². The third kappa shape index (κ3) is 1.70. The zero-order valence-electron chi connectivity index (χ0n) is 10.9. The largest absolute Gasteiger partial charge is 0.358 e. The number of amides is 1. The van der Waals surface area contributed by atoms with E-state index in [1.165, 1.54) is 27.7 Å². The third-order valence-corrected chi connectivity index (χ3v) is 3.79. The van der Waals surface area contributed by atoms with Gasteiger partial charge in [-0.15, -0.1) is 0 Å². The number of aromatic nitrogens is 1. The highest BCUT2D eigenvalue weighted by atomic mass is 16.2. The van der Waals surface area contributed by atoms with E-state index < -0.39 is 0 Å². The van der Waals surface area contributed by atoms with Crippen LogP contribution < -0.4 is 0 Å². The van der Waals surface area contributed by atoms with Gasteiger partial charge >= 0.3 is 0 Å². The van der Waals surface area contributed by atoms with Crippen molar-refractivity contribution in [2.24, 2.45) is 0 Å². The average Bonchev–Trinajstić information content (AvgIpc) is 2.75. The molecule has 18 heavy (non-hydrogen) atoms. The van der Waals surface area contributed by atoms with Crippen LogP contribution in [-0.2, 0) is 17.8 Å². The first-order chi connectivity index (χ1) is 8.69. The number of benzene rings is 1. The highest BCUT2D eigenvalue weighted by Crippen LogP contribution is 2.28. The molecular weight excluding hydrogens is 224 g/mol. The van der Waals surface area contributed by atoms with Crippen molar-refractivity contribution < 1.29 is 4.79 Å². The molecule has 1 aliphatic heterocycles. The number of aromatic amines is 1. The summed E-state index contributed by atoms with van der Waals surface area (Å²) in [7, 11) is 0. The standard InChI is InChI=1S/C15H18N2O/c1-3-15(18)17-7-6-14-12(9-17)11-8-10(2)4-5-13(11)16-14/h4-5,8,16H,3,6-7,9H2,1-2H3. The SMILES string of the molecule is CCC(=O)N1CCc2[nH]c3ccc(C)cc3c2C1. The summed E-state index contributed by atoms with van der Waals surface area (Å²) in [5.74, 6) is 0.252. The second kappa shape index (κ2) is 4.16. The number of hydrogen-bond acceptors (Lipinski definition) is 1. The fourth-order valence-corrected chi connectivity index (χ4v) is 2.76. The minimum atomic E-state index is 0.252. The molecule has 0 fully saturated rings. The van der Waals surface area contributed by atoms with Crippen LogP contribution in [0.1, 0.15) is 30.2 Å². The first kappa shape index (κ1) is 11.3. The predicted octanol–water partition coefficient (Wildman–Crippen LogP) is 2.77. The van der Waals surface area contributed by atoms with E-state index in [-0.39, 0.29) is 5.91 Å². The van der Waals surface area contributed by atoms with Gasteiger partial charge in [0, 0.05) is 48.1 Å². The van der Waals surface area contributed by atoms with Gasteiger partial charge in [0.05, 0.1) is 0 Å². The maximum absolute atomic E-state index is 11.8. The van der Waals surface area contributed by atoms with Crippen molar-refractivity contribution in [1.29, 1.82) is 0 Å². The molecule has 94 valence electrons. The van der Waals surface area contributed by atoms with Crippen LogP contribution in [0.2, 0.25) is 0 Å². The molecule has 0 atom stereocenters. The third-order valence-electron chi connectivity index (χ3n) is 3.79. The second-order valence-corrected chi connectivity index (χ2v) is 5.05. The van der Waals surface area contributed by atoms with E-state index >= 15 is 0 Å². The Hall–Kier alpha value is -1.77. The summed E-state index contributed by atoms with van der Waals surface area (Å²) in [5.41, 5.74) is 5.07. The van der Waals surface area contributed by atoms with Gasteiger partial charge in [-0.05, 0) is 19.1 Å². The molecule has 0 unspecified atom stereocenters. The Morgan fingerprint density at radius 2 is 2.28 bits per heavy atom. The quantitative estimate of drug-likeness (QED) is 0.820. The minimum Gasteiger partial charge on any atom is -0.358 e. The molecule has 0 saturated carbocycles. The van der Waals surface area contributed by atoms with Crippen LogP contribution in [0.4, 0.5) is 0 Å². The Kier molecular flexibility index (Phi) is 2.62. The number of hydrogen-bond donors (Lipinski definition) is 1. The van der Waals surface area contributed by atoms with Gasteiger partial charge in [-0.2, -0.15) is 0 Å². The topological polar surface area (TPSA) is 36.1 Å². The molecular formula is C15H18N2O. The van der Waals surface area contributed by atoms with Gasteiger partial charge < -0.3 is 9.88 Å². The molecule has 1 aromatic heterocycles. The van der Waals surface area contributed by atoms with Crippen molar-refractivity contribution in [1.82, 2.24) is 9.88 Å². The van der Waals surface area contributed by atoms with E-state index in [0.29, 0.717) is 6.42 Å². The lowest BCUT2D eigenvalue weighted by Gasteiger charge is -2.27. The van der Waals surface area contributed by atoms with Crippen molar-refractivity contribution in [2.45, 2.75) is 33.2 Å². The lowest BCUT2D eigenvalue weighted by molar-refractivity contribution is -0.131. The Bertz CT molecular complexity index is 612. The number of aryl methyl sites for hydroxylation is 1. The van der Waals surface area contributed by atoms with Gasteiger partial charge in [0.1, 0.15) is 0 Å². The molecule has 2 aromatic rings. The summed E-state index contributed by atoms with van der Waals surface area (Å²) in [6, 6.07) is 6.47. The van der Waals surface area contributed by atoms with Crippen LogP contribution >= 0.6 is 0 Å². The monoisotopic (exact) mass is 242 g/mol. The highest BCUT2D eigenvalue weighted by molar-refractivity contribution is 5.86. The Morgan fingerprint density at radius 1 is 1.44 bits per heavy atom. The van der Waals surface area contributed by atoms with Gasteiger partial charge in [0.25, 0.3) is 0 Å². The Labute approximate surface area is 107 Å². The van der Waals surface area contributed by atoms with Gasteiger partial charge in [-0.3, -0.25) is 4.79 Å². The summed E-state index contributed by atoms with van der Waals surface area (Å²) >= 11 is 0. The maximum atomic E-state index is 11.8. The molecule has 1 amide bonds. The van der Waals surface area contributed by atoms with E-state index in [1.54, 1.807) is 0 Å². The average molecular weight is 242 g/mol. The summed E-state index contributed by atoms with van der Waals surface area (Å²) in [6.45, 7) is 5.63. The van der Waals surface area contributed by atoms with Gasteiger partial charge in [0.2, 0.25) is 5.91 Å². The normalized spacial score (nSPS) is 14.9.